The van der Waals surface area contributed by atoms with E-state index >= 15 is 0 Å². The molecule has 1 aliphatic carbocycles. The summed E-state index contributed by atoms with van der Waals surface area (Å²) in [5, 5.41) is 8.05. The lowest BCUT2D eigenvalue weighted by Gasteiger charge is -2.27. The average Bonchev–Trinajstić information content (AvgIpc) is 2.78. The summed E-state index contributed by atoms with van der Waals surface area (Å²) in [5.41, 5.74) is 6.40. The number of nitrogens with two attached hydrogens (primary N) is 1. The first-order chi connectivity index (χ1) is 14.7. The van der Waals surface area contributed by atoms with Crippen molar-refractivity contribution in [1.82, 2.24) is 14.9 Å². The number of likely N-dealkylation sites (tertiary alicyclic amines) is 1. The first-order valence-electron chi connectivity index (χ1n) is 11.5. The number of piperidine rings is 1. The highest BCUT2D eigenvalue weighted by molar-refractivity contribution is 5.90. The molecule has 2 aromatic rings. The molecule has 162 valence electrons. The van der Waals surface area contributed by atoms with E-state index in [0.29, 0.717) is 11.9 Å². The lowest BCUT2D eigenvalue weighted by atomic mass is 9.82. The molecule has 2 fully saturated rings. The van der Waals surface area contributed by atoms with Gasteiger partial charge < -0.3 is 21.3 Å². The summed E-state index contributed by atoms with van der Waals surface area (Å²) in [6.45, 7) is 5.17. The molecule has 1 aromatic carbocycles. The average molecular weight is 411 g/mol. The molecule has 0 bridgehead atoms. The Kier molecular flexibility index (Phi) is 7.00. The number of aromatic nitrogens is 2. The number of amides is 1. The third-order valence-corrected chi connectivity index (χ3v) is 6.57. The van der Waals surface area contributed by atoms with Gasteiger partial charge in [-0.3, -0.25) is 4.79 Å². The van der Waals surface area contributed by atoms with Gasteiger partial charge in [0.25, 0.3) is 0 Å². The molecule has 2 aliphatic rings. The molecule has 4 N–H and O–H groups in total. The van der Waals surface area contributed by atoms with E-state index in [1.54, 1.807) is 0 Å². The summed E-state index contributed by atoms with van der Waals surface area (Å²) in [5.74, 6) is 2.00. The molecule has 1 amide bonds. The predicted molar refractivity (Wildman–Crippen MR) is 121 cm³/mol. The number of nitrogens with one attached hydrogen (secondary N) is 2. The SMILES string of the molecule is NC(=O)C1CCC(CNc2nc(NCCN3CCCCC3)c3ccccc3n2)CC1. The van der Waals surface area contributed by atoms with Crippen molar-refractivity contribution >= 4 is 28.6 Å². The van der Waals surface area contributed by atoms with Crippen molar-refractivity contribution in [3.8, 4) is 0 Å². The highest BCUT2D eigenvalue weighted by Gasteiger charge is 2.24. The second kappa shape index (κ2) is 10.1. The molecule has 0 unspecified atom stereocenters. The third kappa shape index (κ3) is 5.39. The van der Waals surface area contributed by atoms with Crippen LogP contribution in [0.3, 0.4) is 0 Å². The Bertz CT molecular complexity index is 843. The van der Waals surface area contributed by atoms with Gasteiger partial charge in [-0.15, -0.1) is 0 Å². The van der Waals surface area contributed by atoms with Gasteiger partial charge in [-0.05, 0) is 69.7 Å². The summed E-state index contributed by atoms with van der Waals surface area (Å²) in [7, 11) is 0. The maximum atomic E-state index is 11.4. The van der Waals surface area contributed by atoms with Crippen LogP contribution in [0.4, 0.5) is 11.8 Å². The molecule has 1 saturated heterocycles. The van der Waals surface area contributed by atoms with Crippen molar-refractivity contribution in [3.63, 3.8) is 0 Å². The molecular formula is C23H34N6O. The largest absolute Gasteiger partial charge is 0.369 e. The number of anilines is 2. The van der Waals surface area contributed by atoms with Gasteiger partial charge >= 0.3 is 0 Å². The van der Waals surface area contributed by atoms with Gasteiger partial charge in [-0.2, -0.15) is 4.98 Å². The number of hydrogen-bond donors (Lipinski definition) is 3. The summed E-state index contributed by atoms with van der Waals surface area (Å²) < 4.78 is 0. The van der Waals surface area contributed by atoms with E-state index in [2.05, 4.69) is 21.6 Å². The second-order valence-electron chi connectivity index (χ2n) is 8.74. The monoisotopic (exact) mass is 410 g/mol. The third-order valence-electron chi connectivity index (χ3n) is 6.57. The van der Waals surface area contributed by atoms with Crippen LogP contribution < -0.4 is 16.4 Å². The predicted octanol–water partition coefficient (Wildman–Crippen LogP) is 3.23. The number of carbonyl (C=O) groups excluding carboxylic acids is 1. The fourth-order valence-corrected chi connectivity index (χ4v) is 4.69. The summed E-state index contributed by atoms with van der Waals surface area (Å²) in [6, 6.07) is 8.16. The van der Waals surface area contributed by atoms with Gasteiger partial charge in [-0.25, -0.2) is 4.98 Å². The molecule has 30 heavy (non-hydrogen) atoms. The highest BCUT2D eigenvalue weighted by atomic mass is 16.1. The van der Waals surface area contributed by atoms with Gasteiger partial charge in [-0.1, -0.05) is 18.6 Å². The number of primary amides is 1. The highest BCUT2D eigenvalue weighted by Crippen LogP contribution is 2.29. The Hall–Kier alpha value is -2.41. The van der Waals surface area contributed by atoms with E-state index in [1.807, 2.05) is 18.2 Å². The van der Waals surface area contributed by atoms with Crippen LogP contribution in [0.2, 0.25) is 0 Å². The van der Waals surface area contributed by atoms with Crippen LogP contribution in [0.5, 0.6) is 0 Å². The summed E-state index contributed by atoms with van der Waals surface area (Å²) in [6.07, 6.45) is 7.81. The van der Waals surface area contributed by atoms with E-state index < -0.39 is 0 Å². The molecule has 0 atom stereocenters. The van der Waals surface area contributed by atoms with Crippen LogP contribution in [-0.4, -0.2) is 53.5 Å². The number of rotatable bonds is 8. The molecule has 1 aromatic heterocycles. The number of carbonyl (C=O) groups is 1. The molecule has 7 heteroatoms. The van der Waals surface area contributed by atoms with Gasteiger partial charge in [0.2, 0.25) is 11.9 Å². The molecule has 1 saturated carbocycles. The quantitative estimate of drug-likeness (QED) is 0.618. The Morgan fingerprint density at radius 3 is 2.57 bits per heavy atom. The van der Waals surface area contributed by atoms with Crippen LogP contribution >= 0.6 is 0 Å². The minimum Gasteiger partial charge on any atom is -0.369 e. The molecular weight excluding hydrogens is 376 g/mol. The second-order valence-corrected chi connectivity index (χ2v) is 8.74. The van der Waals surface area contributed by atoms with Crippen LogP contribution in [0.25, 0.3) is 10.9 Å². The minimum atomic E-state index is -0.153. The number of fused-ring (bicyclic) bond motifs is 1. The van der Waals surface area contributed by atoms with Crippen molar-refractivity contribution in [2.45, 2.75) is 44.9 Å². The zero-order valence-corrected chi connectivity index (χ0v) is 17.8. The van der Waals surface area contributed by atoms with Gasteiger partial charge in [0.1, 0.15) is 5.82 Å². The molecule has 1 aliphatic heterocycles. The van der Waals surface area contributed by atoms with Crippen molar-refractivity contribution in [2.24, 2.45) is 17.6 Å². The Balaban J connectivity index is 1.36. The molecule has 0 spiro atoms. The minimum absolute atomic E-state index is 0.0499. The van der Waals surface area contributed by atoms with E-state index in [9.17, 15) is 4.79 Å². The van der Waals surface area contributed by atoms with Crippen LogP contribution in [0.1, 0.15) is 44.9 Å². The maximum Gasteiger partial charge on any atom is 0.225 e. The molecule has 2 heterocycles. The zero-order valence-electron chi connectivity index (χ0n) is 17.8. The van der Waals surface area contributed by atoms with Crippen molar-refractivity contribution in [2.75, 3.05) is 43.4 Å². The number of hydrogen-bond acceptors (Lipinski definition) is 6. The topological polar surface area (TPSA) is 96.2 Å². The van der Waals surface area contributed by atoms with E-state index in [-0.39, 0.29) is 11.8 Å². The molecule has 0 radical (unpaired) electrons. The lowest BCUT2D eigenvalue weighted by Crippen LogP contribution is -2.33. The lowest BCUT2D eigenvalue weighted by molar-refractivity contribution is -0.122. The molecule has 4 rings (SSSR count). The number of benzene rings is 1. The van der Waals surface area contributed by atoms with Crippen molar-refractivity contribution < 1.29 is 4.79 Å². The fourth-order valence-electron chi connectivity index (χ4n) is 4.69. The normalized spacial score (nSPS) is 22.7. The Labute approximate surface area is 178 Å². The van der Waals surface area contributed by atoms with E-state index in [4.69, 9.17) is 15.7 Å². The van der Waals surface area contributed by atoms with Gasteiger partial charge in [0.15, 0.2) is 0 Å². The number of para-hydroxylation sites is 1. The summed E-state index contributed by atoms with van der Waals surface area (Å²) in [4.78, 5) is 23.4. The van der Waals surface area contributed by atoms with Gasteiger partial charge in [0.05, 0.1) is 5.52 Å². The van der Waals surface area contributed by atoms with E-state index in [0.717, 1.165) is 62.0 Å². The smallest absolute Gasteiger partial charge is 0.225 e. The molecule has 7 nitrogen and oxygen atoms in total. The standard InChI is InChI=1S/C23H34N6O/c24-21(30)18-10-8-17(9-11-18)16-26-23-27-20-7-3-2-6-19(20)22(28-23)25-12-15-29-13-4-1-5-14-29/h2-3,6-7,17-18H,1,4-5,8-16H2,(H2,24,30)(H2,25,26,27,28). The van der Waals surface area contributed by atoms with Gasteiger partial charge in [0, 0.05) is 30.9 Å². The fraction of sp³-hybridized carbons (Fsp3) is 0.609. The van der Waals surface area contributed by atoms with Crippen LogP contribution in [-0.2, 0) is 4.79 Å². The van der Waals surface area contributed by atoms with Crippen molar-refractivity contribution in [3.05, 3.63) is 24.3 Å². The van der Waals surface area contributed by atoms with Crippen LogP contribution in [0, 0.1) is 11.8 Å². The maximum absolute atomic E-state index is 11.4. The Morgan fingerprint density at radius 1 is 1.03 bits per heavy atom. The van der Waals surface area contributed by atoms with E-state index in [1.165, 1.54) is 32.4 Å². The van der Waals surface area contributed by atoms with Crippen LogP contribution in [0.15, 0.2) is 24.3 Å². The Morgan fingerprint density at radius 2 is 1.80 bits per heavy atom. The van der Waals surface area contributed by atoms with Crippen molar-refractivity contribution in [1.29, 1.82) is 0 Å². The first kappa shape index (κ1) is 20.8. The summed E-state index contributed by atoms with van der Waals surface area (Å²) >= 11 is 0. The first-order valence-corrected chi connectivity index (χ1v) is 11.5. The zero-order chi connectivity index (χ0) is 20.8. The number of nitrogens with zero attached hydrogens (tertiary/aromatic N) is 3.